The number of allylic oxidation sites excluding steroid dienone is 4. The lowest BCUT2D eigenvalue weighted by molar-refractivity contribution is 0.212. The molecule has 42 heavy (non-hydrogen) atoms. The maximum Gasteiger partial charge on any atom is 0.166 e. The van der Waals surface area contributed by atoms with Crippen molar-refractivity contribution >= 4 is 5.57 Å². The molecule has 5 rings (SSSR count). The lowest BCUT2D eigenvalue weighted by Crippen LogP contribution is -2.22. The van der Waals surface area contributed by atoms with Crippen LogP contribution in [-0.4, -0.2) is 0 Å². The number of halogens is 3. The first-order chi connectivity index (χ1) is 20.5. The largest absolute Gasteiger partial charge is 0.206 e. The van der Waals surface area contributed by atoms with Crippen LogP contribution in [0.4, 0.5) is 13.2 Å². The quantitative estimate of drug-likeness (QED) is 0.168. The summed E-state index contributed by atoms with van der Waals surface area (Å²) in [6.07, 6.45) is 20.1. The second kappa shape index (κ2) is 14.4. The van der Waals surface area contributed by atoms with Crippen LogP contribution in [0, 0.1) is 35.2 Å². The number of rotatable bonds is 10. The Hall–Kier alpha value is -3.07. The highest BCUT2D eigenvalue weighted by molar-refractivity contribution is 5.74. The first-order valence-electron chi connectivity index (χ1n) is 16.2. The van der Waals surface area contributed by atoms with Crippen LogP contribution in [0.5, 0.6) is 0 Å². The van der Waals surface area contributed by atoms with Gasteiger partial charge in [0.2, 0.25) is 0 Å². The molecule has 0 nitrogen and oxygen atoms in total. The molecule has 222 valence electrons. The fraction of sp³-hybridized carbons (Fsp3) is 0.436. The summed E-state index contributed by atoms with van der Waals surface area (Å²) in [5.74, 6) is 0.521. The van der Waals surface area contributed by atoms with E-state index >= 15 is 4.39 Å². The Bertz CT molecular complexity index is 1390. The summed E-state index contributed by atoms with van der Waals surface area (Å²) in [5.41, 5.74) is 4.72. The van der Waals surface area contributed by atoms with Crippen LogP contribution in [0.3, 0.4) is 0 Å². The summed E-state index contributed by atoms with van der Waals surface area (Å²) >= 11 is 0. The van der Waals surface area contributed by atoms with Gasteiger partial charge in [0, 0.05) is 11.1 Å². The van der Waals surface area contributed by atoms with E-state index in [4.69, 9.17) is 0 Å². The minimum Gasteiger partial charge on any atom is -0.206 e. The molecule has 0 amide bonds. The van der Waals surface area contributed by atoms with Crippen LogP contribution >= 0.6 is 0 Å². The van der Waals surface area contributed by atoms with E-state index in [1.54, 1.807) is 42.5 Å². The fourth-order valence-corrected chi connectivity index (χ4v) is 7.15. The summed E-state index contributed by atoms with van der Waals surface area (Å²) in [6.45, 7) is 4.25. The summed E-state index contributed by atoms with van der Waals surface area (Å²) in [6, 6.07) is 16.0. The standard InChI is InChI=1S/C39H45F3/c1-3-5-6-7-9-33-22-25-36(39(42)38(33)41)32-20-18-31(19-21-32)35-24-23-34(26-37(35)40)30-16-14-29(15-17-30)28-12-10-27(8-4-2)11-13-28/h4,8,16,18-29H,3,5-7,9-15,17H2,1-2H3/b8-4+. The minimum atomic E-state index is -0.810. The van der Waals surface area contributed by atoms with Crippen molar-refractivity contribution in [2.75, 3.05) is 0 Å². The number of benzene rings is 3. The molecular weight excluding hydrogens is 525 g/mol. The van der Waals surface area contributed by atoms with Crippen molar-refractivity contribution in [2.24, 2.45) is 17.8 Å². The molecule has 0 radical (unpaired) electrons. The van der Waals surface area contributed by atoms with Gasteiger partial charge in [0.15, 0.2) is 11.6 Å². The van der Waals surface area contributed by atoms with Crippen LogP contribution < -0.4 is 0 Å². The van der Waals surface area contributed by atoms with Gasteiger partial charge in [-0.05, 0) is 116 Å². The van der Waals surface area contributed by atoms with E-state index in [1.165, 1.54) is 37.7 Å². The van der Waals surface area contributed by atoms with E-state index < -0.39 is 11.6 Å². The van der Waals surface area contributed by atoms with Crippen molar-refractivity contribution in [3.05, 3.63) is 101 Å². The predicted octanol–water partition coefficient (Wildman–Crippen LogP) is 12.1. The highest BCUT2D eigenvalue weighted by Crippen LogP contribution is 2.42. The van der Waals surface area contributed by atoms with Gasteiger partial charge < -0.3 is 0 Å². The Morgan fingerprint density at radius 2 is 1.40 bits per heavy atom. The van der Waals surface area contributed by atoms with Crippen molar-refractivity contribution in [3.8, 4) is 22.3 Å². The van der Waals surface area contributed by atoms with Crippen molar-refractivity contribution in [3.63, 3.8) is 0 Å². The van der Waals surface area contributed by atoms with Crippen molar-refractivity contribution in [2.45, 2.75) is 90.9 Å². The molecule has 0 spiro atoms. The molecule has 0 N–H and O–H groups in total. The van der Waals surface area contributed by atoms with E-state index in [1.807, 2.05) is 12.1 Å². The molecule has 1 unspecified atom stereocenters. The third kappa shape index (κ3) is 7.10. The maximum absolute atomic E-state index is 15.4. The first kappa shape index (κ1) is 30.4. The van der Waals surface area contributed by atoms with E-state index in [9.17, 15) is 8.78 Å². The third-order valence-corrected chi connectivity index (χ3v) is 9.71. The van der Waals surface area contributed by atoms with E-state index in [0.29, 0.717) is 23.1 Å². The van der Waals surface area contributed by atoms with Gasteiger partial charge in [-0.25, -0.2) is 13.2 Å². The van der Waals surface area contributed by atoms with Gasteiger partial charge in [-0.1, -0.05) is 92.9 Å². The summed E-state index contributed by atoms with van der Waals surface area (Å²) in [7, 11) is 0. The Kier molecular flexibility index (Phi) is 10.4. The van der Waals surface area contributed by atoms with Crippen LogP contribution in [0.15, 0.2) is 72.8 Å². The molecule has 1 fully saturated rings. The molecule has 2 aliphatic carbocycles. The predicted molar refractivity (Wildman–Crippen MR) is 171 cm³/mol. The average molecular weight is 571 g/mol. The van der Waals surface area contributed by atoms with Gasteiger partial charge in [-0.3, -0.25) is 0 Å². The molecule has 0 heterocycles. The minimum absolute atomic E-state index is 0.237. The second-order valence-electron chi connectivity index (χ2n) is 12.4. The molecule has 3 heteroatoms. The molecule has 0 aliphatic heterocycles. The first-order valence-corrected chi connectivity index (χ1v) is 16.2. The third-order valence-electron chi connectivity index (χ3n) is 9.71. The zero-order chi connectivity index (χ0) is 29.5. The number of aryl methyl sites for hydroxylation is 1. The number of hydrogen-bond donors (Lipinski definition) is 0. The van der Waals surface area contributed by atoms with Gasteiger partial charge >= 0.3 is 0 Å². The molecule has 1 saturated carbocycles. The smallest absolute Gasteiger partial charge is 0.166 e. The number of hydrogen-bond acceptors (Lipinski definition) is 0. The van der Waals surface area contributed by atoms with Crippen LogP contribution in [0.25, 0.3) is 27.8 Å². The summed E-state index contributed by atoms with van der Waals surface area (Å²) in [4.78, 5) is 0. The van der Waals surface area contributed by atoms with Crippen LogP contribution in [-0.2, 0) is 6.42 Å². The fourth-order valence-electron chi connectivity index (χ4n) is 7.15. The zero-order valence-electron chi connectivity index (χ0n) is 25.3. The van der Waals surface area contributed by atoms with Crippen LogP contribution in [0.2, 0.25) is 0 Å². The van der Waals surface area contributed by atoms with Gasteiger partial charge in [-0.15, -0.1) is 0 Å². The highest BCUT2D eigenvalue weighted by atomic mass is 19.2. The van der Waals surface area contributed by atoms with E-state index in [2.05, 4.69) is 32.1 Å². The topological polar surface area (TPSA) is 0 Å². The highest BCUT2D eigenvalue weighted by Gasteiger charge is 2.28. The lowest BCUT2D eigenvalue weighted by Gasteiger charge is -2.34. The van der Waals surface area contributed by atoms with Crippen LogP contribution in [0.1, 0.15) is 95.6 Å². The van der Waals surface area contributed by atoms with E-state index in [-0.39, 0.29) is 11.4 Å². The second-order valence-corrected chi connectivity index (χ2v) is 12.4. The van der Waals surface area contributed by atoms with Gasteiger partial charge in [0.1, 0.15) is 5.82 Å². The maximum atomic E-state index is 15.4. The Labute approximate surface area is 250 Å². The molecule has 1 atom stereocenters. The zero-order valence-corrected chi connectivity index (χ0v) is 25.3. The summed E-state index contributed by atoms with van der Waals surface area (Å²) in [5, 5.41) is 0. The molecule has 3 aromatic carbocycles. The monoisotopic (exact) mass is 570 g/mol. The van der Waals surface area contributed by atoms with Gasteiger partial charge in [-0.2, -0.15) is 0 Å². The summed E-state index contributed by atoms with van der Waals surface area (Å²) < 4.78 is 45.1. The van der Waals surface area contributed by atoms with E-state index in [0.717, 1.165) is 67.4 Å². The number of unbranched alkanes of at least 4 members (excludes halogenated alkanes) is 3. The van der Waals surface area contributed by atoms with Crippen molar-refractivity contribution in [1.82, 2.24) is 0 Å². The Morgan fingerprint density at radius 3 is 2.05 bits per heavy atom. The Morgan fingerprint density at radius 1 is 0.714 bits per heavy atom. The van der Waals surface area contributed by atoms with Crippen molar-refractivity contribution in [1.29, 1.82) is 0 Å². The lowest BCUT2D eigenvalue weighted by atomic mass is 9.71. The SMILES string of the molecule is C/C=C/C1CCC(C2CC=C(c3ccc(-c4ccc(-c5ccc(CCCCCC)c(F)c5F)cc4)c(F)c3)CC2)CC1. The van der Waals surface area contributed by atoms with Crippen molar-refractivity contribution < 1.29 is 13.2 Å². The molecular formula is C39H45F3. The average Bonchev–Trinajstić information content (AvgIpc) is 3.02. The van der Waals surface area contributed by atoms with Gasteiger partial charge in [0.05, 0.1) is 0 Å². The Balaban J connectivity index is 1.23. The molecule has 0 saturated heterocycles. The normalized spacial score (nSPS) is 21.1. The molecule has 3 aromatic rings. The van der Waals surface area contributed by atoms with Gasteiger partial charge in [0.25, 0.3) is 0 Å². The molecule has 2 aliphatic rings. The molecule has 0 aromatic heterocycles. The molecule has 0 bridgehead atoms.